The summed E-state index contributed by atoms with van der Waals surface area (Å²) in [4.78, 5) is 29.9. The van der Waals surface area contributed by atoms with Crippen molar-refractivity contribution in [1.29, 1.82) is 0 Å². The highest BCUT2D eigenvalue weighted by Crippen LogP contribution is 2.32. The molecule has 2 aromatic heterocycles. The first-order valence-electron chi connectivity index (χ1n) is 9.11. The molecule has 0 aliphatic heterocycles. The van der Waals surface area contributed by atoms with Crippen LogP contribution in [0.1, 0.15) is 10.4 Å². The highest BCUT2D eigenvalue weighted by molar-refractivity contribution is 5.94. The predicted molar refractivity (Wildman–Crippen MR) is 112 cm³/mol. The quantitative estimate of drug-likeness (QED) is 0.492. The van der Waals surface area contributed by atoms with E-state index < -0.39 is 5.97 Å². The number of esters is 1. The van der Waals surface area contributed by atoms with Crippen LogP contribution < -0.4 is 5.56 Å². The van der Waals surface area contributed by atoms with Gasteiger partial charge < -0.3 is 4.74 Å². The van der Waals surface area contributed by atoms with Gasteiger partial charge >= 0.3 is 5.97 Å². The molecule has 0 N–H and O–H groups in total. The molecular formula is C24H18N2O3. The minimum absolute atomic E-state index is 0.250. The number of hydrogen-bond acceptors (Lipinski definition) is 4. The molecule has 142 valence electrons. The molecule has 29 heavy (non-hydrogen) atoms. The van der Waals surface area contributed by atoms with E-state index in [0.717, 1.165) is 16.8 Å². The van der Waals surface area contributed by atoms with Gasteiger partial charge in [-0.1, -0.05) is 48.5 Å². The normalized spacial score (nSPS) is 10.5. The van der Waals surface area contributed by atoms with Crippen molar-refractivity contribution >= 4 is 5.97 Å². The van der Waals surface area contributed by atoms with E-state index in [0.29, 0.717) is 16.9 Å². The van der Waals surface area contributed by atoms with Gasteiger partial charge in [0, 0.05) is 17.8 Å². The Morgan fingerprint density at radius 3 is 2.31 bits per heavy atom. The first-order valence-corrected chi connectivity index (χ1v) is 9.11. The average molecular weight is 382 g/mol. The molecule has 0 saturated carbocycles. The van der Waals surface area contributed by atoms with Crippen LogP contribution >= 0.6 is 0 Å². The molecule has 4 rings (SSSR count). The van der Waals surface area contributed by atoms with Crippen LogP contribution in [0.3, 0.4) is 0 Å². The summed E-state index contributed by atoms with van der Waals surface area (Å²) in [5.74, 6) is -0.505. The number of nitrogens with zero attached hydrogens (tertiary/aromatic N) is 2. The van der Waals surface area contributed by atoms with Gasteiger partial charge in [-0.3, -0.25) is 14.3 Å². The number of para-hydroxylation sites is 1. The van der Waals surface area contributed by atoms with Gasteiger partial charge in [-0.15, -0.1) is 0 Å². The number of carbonyl (C=O) groups excluding carboxylic acids is 1. The lowest BCUT2D eigenvalue weighted by Gasteiger charge is -2.19. The van der Waals surface area contributed by atoms with E-state index in [-0.39, 0.29) is 5.56 Å². The number of rotatable bonds is 4. The van der Waals surface area contributed by atoms with Crippen molar-refractivity contribution in [2.75, 3.05) is 7.11 Å². The van der Waals surface area contributed by atoms with Crippen molar-refractivity contribution in [3.63, 3.8) is 0 Å². The number of methoxy groups -OCH3 is 1. The Bertz CT molecular complexity index is 1220. The Kier molecular flexibility index (Phi) is 5.03. The number of aromatic nitrogens is 2. The van der Waals surface area contributed by atoms with E-state index in [2.05, 4.69) is 4.98 Å². The Labute approximate surface area is 167 Å². The minimum atomic E-state index is -0.505. The number of benzene rings is 2. The Morgan fingerprint density at radius 1 is 0.862 bits per heavy atom. The molecule has 0 bridgehead atoms. The zero-order valence-electron chi connectivity index (χ0n) is 15.8. The fraction of sp³-hybridized carbons (Fsp3) is 0.0417. The lowest BCUT2D eigenvalue weighted by Crippen LogP contribution is -2.22. The molecule has 0 atom stereocenters. The van der Waals surface area contributed by atoms with Crippen molar-refractivity contribution in [3.05, 3.63) is 107 Å². The van der Waals surface area contributed by atoms with Crippen molar-refractivity contribution in [2.24, 2.45) is 0 Å². The van der Waals surface area contributed by atoms with Crippen LogP contribution in [0.2, 0.25) is 0 Å². The third-order valence-electron chi connectivity index (χ3n) is 4.63. The van der Waals surface area contributed by atoms with Crippen LogP contribution in [-0.2, 0) is 4.74 Å². The van der Waals surface area contributed by atoms with Crippen LogP contribution in [0, 0.1) is 0 Å². The summed E-state index contributed by atoms with van der Waals surface area (Å²) in [5, 5.41) is 0. The van der Waals surface area contributed by atoms with Crippen LogP contribution in [0.5, 0.6) is 0 Å². The zero-order chi connectivity index (χ0) is 20.2. The van der Waals surface area contributed by atoms with Crippen LogP contribution in [-0.4, -0.2) is 22.6 Å². The van der Waals surface area contributed by atoms with Gasteiger partial charge in [-0.2, -0.15) is 0 Å². The summed E-state index contributed by atoms with van der Waals surface area (Å²) in [5.41, 5.74) is 3.54. The van der Waals surface area contributed by atoms with Gasteiger partial charge in [0.1, 0.15) is 0 Å². The van der Waals surface area contributed by atoms with Gasteiger partial charge in [0.25, 0.3) is 5.56 Å². The second-order valence-corrected chi connectivity index (χ2v) is 6.36. The molecule has 0 unspecified atom stereocenters. The molecule has 2 aromatic carbocycles. The Hall–Kier alpha value is -3.99. The van der Waals surface area contributed by atoms with E-state index in [1.54, 1.807) is 41.1 Å². The molecule has 0 aliphatic rings. The third-order valence-corrected chi connectivity index (χ3v) is 4.63. The fourth-order valence-corrected chi connectivity index (χ4v) is 3.34. The summed E-state index contributed by atoms with van der Waals surface area (Å²) >= 11 is 0. The molecule has 4 aromatic rings. The summed E-state index contributed by atoms with van der Waals surface area (Å²) in [6.07, 6.45) is 1.71. The van der Waals surface area contributed by atoms with Crippen LogP contribution in [0.4, 0.5) is 0 Å². The van der Waals surface area contributed by atoms with E-state index >= 15 is 0 Å². The van der Waals surface area contributed by atoms with Gasteiger partial charge in [0.05, 0.1) is 29.7 Å². The van der Waals surface area contributed by atoms with Gasteiger partial charge in [0.2, 0.25) is 0 Å². The minimum Gasteiger partial charge on any atom is -0.465 e. The first-order chi connectivity index (χ1) is 14.2. The van der Waals surface area contributed by atoms with E-state index in [1.165, 1.54) is 13.2 Å². The average Bonchev–Trinajstić information content (AvgIpc) is 2.79. The fourth-order valence-electron chi connectivity index (χ4n) is 3.34. The van der Waals surface area contributed by atoms with Gasteiger partial charge in [-0.05, 0) is 35.9 Å². The van der Waals surface area contributed by atoms with Crippen molar-refractivity contribution < 1.29 is 9.53 Å². The maximum atomic E-state index is 13.1. The SMILES string of the molecule is COC(=O)c1ccccc1-n1c(-c2ccccc2)c(-c2ccccn2)ccc1=O. The second kappa shape index (κ2) is 7.94. The number of carbonyl (C=O) groups is 1. The summed E-state index contributed by atoms with van der Waals surface area (Å²) in [6, 6.07) is 25.4. The molecule has 0 saturated heterocycles. The highest BCUT2D eigenvalue weighted by atomic mass is 16.5. The molecule has 5 nitrogen and oxygen atoms in total. The second-order valence-electron chi connectivity index (χ2n) is 6.36. The van der Waals surface area contributed by atoms with E-state index in [9.17, 15) is 9.59 Å². The summed E-state index contributed by atoms with van der Waals surface area (Å²) < 4.78 is 6.48. The maximum absolute atomic E-state index is 13.1. The van der Waals surface area contributed by atoms with Crippen molar-refractivity contribution in [2.45, 2.75) is 0 Å². The van der Waals surface area contributed by atoms with Crippen LogP contribution in [0.15, 0.2) is 95.9 Å². The molecule has 0 aliphatic carbocycles. The van der Waals surface area contributed by atoms with Gasteiger partial charge in [0.15, 0.2) is 0 Å². The molecule has 0 spiro atoms. The zero-order valence-corrected chi connectivity index (χ0v) is 15.8. The van der Waals surface area contributed by atoms with Crippen molar-refractivity contribution in [3.8, 4) is 28.2 Å². The van der Waals surface area contributed by atoms with E-state index in [1.807, 2.05) is 48.5 Å². The smallest absolute Gasteiger partial charge is 0.339 e. The topological polar surface area (TPSA) is 61.2 Å². The largest absolute Gasteiger partial charge is 0.465 e. The van der Waals surface area contributed by atoms with Gasteiger partial charge in [-0.25, -0.2) is 4.79 Å². The molecule has 0 amide bonds. The molecule has 0 fully saturated rings. The maximum Gasteiger partial charge on any atom is 0.339 e. The van der Waals surface area contributed by atoms with Crippen LogP contribution in [0.25, 0.3) is 28.2 Å². The monoisotopic (exact) mass is 382 g/mol. The molecule has 0 radical (unpaired) electrons. The third kappa shape index (κ3) is 3.46. The first kappa shape index (κ1) is 18.4. The standard InChI is InChI=1S/C24H18N2O3/c1-29-24(28)19-11-5-6-13-21(19)26-22(27)15-14-18(20-12-7-8-16-25-20)23(26)17-9-3-2-4-10-17/h2-16H,1H3. The number of pyridine rings is 2. The number of hydrogen-bond donors (Lipinski definition) is 0. The van der Waals surface area contributed by atoms with E-state index in [4.69, 9.17) is 4.74 Å². The molecule has 5 heteroatoms. The predicted octanol–water partition coefficient (Wildman–Crippen LogP) is 4.35. The Morgan fingerprint density at radius 2 is 1.59 bits per heavy atom. The molecular weight excluding hydrogens is 364 g/mol. The lowest BCUT2D eigenvalue weighted by molar-refractivity contribution is 0.0600. The lowest BCUT2D eigenvalue weighted by atomic mass is 10.0. The number of ether oxygens (including phenoxy) is 1. The Balaban J connectivity index is 2.11. The summed E-state index contributed by atoms with van der Waals surface area (Å²) in [6.45, 7) is 0. The summed E-state index contributed by atoms with van der Waals surface area (Å²) in [7, 11) is 1.32. The van der Waals surface area contributed by atoms with Crippen molar-refractivity contribution in [1.82, 2.24) is 9.55 Å². The molecule has 2 heterocycles. The highest BCUT2D eigenvalue weighted by Gasteiger charge is 2.20.